The van der Waals surface area contributed by atoms with Gasteiger partial charge in [0.05, 0.1) is 12.8 Å². The summed E-state index contributed by atoms with van der Waals surface area (Å²) in [6, 6.07) is 0. The summed E-state index contributed by atoms with van der Waals surface area (Å²) in [7, 11) is 0. The topological polar surface area (TPSA) is 57.0 Å². The Kier molecular flexibility index (Phi) is 9.98. The molecule has 108 valence electrons. The number of hydrogen-bond donors (Lipinski definition) is 0. The molecule has 0 saturated carbocycles. The Bertz CT molecular complexity index is 415. The molecule has 0 aromatic carbocycles. The van der Waals surface area contributed by atoms with Gasteiger partial charge in [0, 0.05) is 6.54 Å². The second kappa shape index (κ2) is 9.93. The van der Waals surface area contributed by atoms with E-state index >= 15 is 0 Å². The SMILES string of the molecule is CCOC(=O)c1cn(CCCCC[B-](F)(F)F)nn1.[K+]. The zero-order chi connectivity index (χ0) is 14.3. The average molecular weight is 317 g/mol. The molecule has 1 heterocycles. The van der Waals surface area contributed by atoms with Crippen LogP contribution in [0, 0.1) is 0 Å². The number of unbranched alkanes of at least 4 members (excludes halogenated alkanes) is 2. The van der Waals surface area contributed by atoms with Crippen molar-refractivity contribution in [3.05, 3.63) is 11.9 Å². The number of halogens is 3. The van der Waals surface area contributed by atoms with Crippen molar-refractivity contribution in [3.63, 3.8) is 0 Å². The largest absolute Gasteiger partial charge is 1.00 e. The van der Waals surface area contributed by atoms with Crippen molar-refractivity contribution in [1.82, 2.24) is 15.0 Å². The van der Waals surface area contributed by atoms with Gasteiger partial charge in [-0.3, -0.25) is 4.68 Å². The predicted octanol–water partition coefficient (Wildman–Crippen LogP) is -0.523. The van der Waals surface area contributed by atoms with Crippen LogP contribution in [0.25, 0.3) is 0 Å². The smallest absolute Gasteiger partial charge is 0.461 e. The summed E-state index contributed by atoms with van der Waals surface area (Å²) in [5.41, 5.74) is 0.112. The molecule has 20 heavy (non-hydrogen) atoms. The van der Waals surface area contributed by atoms with Crippen LogP contribution in [0.3, 0.4) is 0 Å². The first-order valence-electron chi connectivity index (χ1n) is 6.20. The van der Waals surface area contributed by atoms with E-state index in [9.17, 15) is 17.7 Å². The first-order chi connectivity index (χ1) is 8.92. The summed E-state index contributed by atoms with van der Waals surface area (Å²) in [6.07, 6.45) is 1.90. The minimum absolute atomic E-state index is 0. The van der Waals surface area contributed by atoms with E-state index in [-0.39, 0.29) is 70.1 Å². The van der Waals surface area contributed by atoms with E-state index in [4.69, 9.17) is 4.74 Å². The third-order valence-electron chi connectivity index (χ3n) is 2.44. The van der Waals surface area contributed by atoms with Crippen molar-refractivity contribution in [2.45, 2.75) is 39.1 Å². The number of esters is 1. The molecule has 0 radical (unpaired) electrons. The Morgan fingerprint density at radius 2 is 2.05 bits per heavy atom. The molecule has 0 amide bonds. The molecule has 1 aromatic heterocycles. The summed E-state index contributed by atoms with van der Waals surface area (Å²) in [5, 5.41) is 7.35. The molecule has 0 N–H and O–H groups in total. The normalized spacial score (nSPS) is 11.0. The molecule has 1 rings (SSSR count). The van der Waals surface area contributed by atoms with Gasteiger partial charge < -0.3 is 17.7 Å². The number of aromatic nitrogens is 3. The fourth-order valence-electron chi connectivity index (χ4n) is 1.53. The third kappa shape index (κ3) is 8.40. The predicted molar refractivity (Wildman–Crippen MR) is 63.7 cm³/mol. The second-order valence-electron chi connectivity index (χ2n) is 4.15. The molecule has 1 aromatic rings. The van der Waals surface area contributed by atoms with Crippen molar-refractivity contribution >= 4 is 12.9 Å². The Morgan fingerprint density at radius 1 is 1.35 bits per heavy atom. The molecule has 0 saturated heterocycles. The number of carbonyl (C=O) groups is 1. The quantitative estimate of drug-likeness (QED) is 0.368. The van der Waals surface area contributed by atoms with Gasteiger partial charge in [-0.2, -0.15) is 0 Å². The van der Waals surface area contributed by atoms with Gasteiger partial charge in [-0.25, -0.2) is 4.79 Å². The van der Waals surface area contributed by atoms with Gasteiger partial charge >= 0.3 is 64.3 Å². The molecule has 0 aliphatic rings. The summed E-state index contributed by atoms with van der Waals surface area (Å²) in [5.74, 6) is -0.548. The first-order valence-corrected chi connectivity index (χ1v) is 6.20. The van der Waals surface area contributed by atoms with Crippen LogP contribution in [0.15, 0.2) is 6.20 Å². The molecule has 10 heteroatoms. The number of aryl methyl sites for hydroxylation is 1. The average Bonchev–Trinajstić information content (AvgIpc) is 2.76. The monoisotopic (exact) mass is 317 g/mol. The van der Waals surface area contributed by atoms with Crippen molar-refractivity contribution in [3.8, 4) is 0 Å². The van der Waals surface area contributed by atoms with Crippen molar-refractivity contribution in [1.29, 1.82) is 0 Å². The number of carbonyl (C=O) groups excluding carboxylic acids is 1. The fourth-order valence-corrected chi connectivity index (χ4v) is 1.53. The fraction of sp³-hybridized carbons (Fsp3) is 0.700. The molecule has 0 fully saturated rings. The van der Waals surface area contributed by atoms with Crippen LogP contribution in [0.5, 0.6) is 0 Å². The Hall–Kier alpha value is 0.101. The van der Waals surface area contributed by atoms with Gasteiger partial charge in [-0.15, -0.1) is 5.10 Å². The van der Waals surface area contributed by atoms with Crippen LogP contribution in [0.4, 0.5) is 12.9 Å². The zero-order valence-corrected chi connectivity index (χ0v) is 14.8. The number of rotatable bonds is 8. The van der Waals surface area contributed by atoms with Crippen LogP contribution >= 0.6 is 0 Å². The van der Waals surface area contributed by atoms with E-state index in [0.717, 1.165) is 0 Å². The van der Waals surface area contributed by atoms with E-state index in [1.807, 2.05) is 0 Å². The molecule has 0 aliphatic heterocycles. The van der Waals surface area contributed by atoms with Crippen molar-refractivity contribution < 1.29 is 73.9 Å². The van der Waals surface area contributed by atoms with Crippen molar-refractivity contribution in [2.24, 2.45) is 0 Å². The van der Waals surface area contributed by atoms with E-state index in [1.54, 1.807) is 6.92 Å². The maximum atomic E-state index is 12.0. The van der Waals surface area contributed by atoms with Crippen LogP contribution in [0.1, 0.15) is 36.7 Å². The van der Waals surface area contributed by atoms with Gasteiger partial charge in [0.1, 0.15) is 0 Å². The third-order valence-corrected chi connectivity index (χ3v) is 2.44. The van der Waals surface area contributed by atoms with Gasteiger partial charge in [-0.05, 0) is 13.3 Å². The standard InChI is InChI=1S/C10H16BF3N3O2.K/c1-2-19-10(18)9-8-17(16-15-9)7-5-3-4-6-11(12,13)14;/h8H,2-7H2,1H3;/q-1;+1. The molecular formula is C10H16BF3KN3O2. The van der Waals surface area contributed by atoms with Crippen LogP contribution < -0.4 is 51.4 Å². The summed E-state index contributed by atoms with van der Waals surface area (Å²) in [6.45, 7) is -2.30. The first kappa shape index (κ1) is 20.1. The van der Waals surface area contributed by atoms with E-state index in [0.29, 0.717) is 19.4 Å². The van der Waals surface area contributed by atoms with Crippen LogP contribution in [-0.4, -0.2) is 34.5 Å². The number of hydrogen-bond acceptors (Lipinski definition) is 4. The van der Waals surface area contributed by atoms with E-state index in [2.05, 4.69) is 10.3 Å². The van der Waals surface area contributed by atoms with Crippen LogP contribution in [0.2, 0.25) is 6.32 Å². The molecule has 0 bridgehead atoms. The molecule has 0 aliphatic carbocycles. The molecular weight excluding hydrogens is 301 g/mol. The second-order valence-corrected chi connectivity index (χ2v) is 4.15. The summed E-state index contributed by atoms with van der Waals surface area (Å²) < 4.78 is 42.0. The van der Waals surface area contributed by atoms with E-state index in [1.165, 1.54) is 10.9 Å². The minimum atomic E-state index is -4.68. The maximum absolute atomic E-state index is 12.0. The Labute approximate surface area is 158 Å². The summed E-state index contributed by atoms with van der Waals surface area (Å²) >= 11 is 0. The van der Waals surface area contributed by atoms with Gasteiger partial charge in [-0.1, -0.05) is 24.4 Å². The summed E-state index contributed by atoms with van der Waals surface area (Å²) in [4.78, 5) is 11.3. The van der Waals surface area contributed by atoms with Crippen molar-refractivity contribution in [2.75, 3.05) is 6.61 Å². The Balaban J connectivity index is 0.00000361. The van der Waals surface area contributed by atoms with Gasteiger partial charge in [0.2, 0.25) is 0 Å². The zero-order valence-electron chi connectivity index (χ0n) is 11.7. The molecule has 0 atom stereocenters. The molecule has 0 spiro atoms. The molecule has 5 nitrogen and oxygen atoms in total. The van der Waals surface area contributed by atoms with Gasteiger partial charge in [0.25, 0.3) is 0 Å². The minimum Gasteiger partial charge on any atom is -0.461 e. The van der Waals surface area contributed by atoms with E-state index < -0.39 is 19.3 Å². The number of ether oxygens (including phenoxy) is 1. The van der Waals surface area contributed by atoms with Crippen LogP contribution in [-0.2, 0) is 11.3 Å². The Morgan fingerprint density at radius 3 is 2.65 bits per heavy atom. The number of nitrogens with zero attached hydrogens (tertiary/aromatic N) is 3. The molecule has 0 unspecified atom stereocenters. The maximum Gasteiger partial charge on any atom is 1.00 e. The van der Waals surface area contributed by atoms with Gasteiger partial charge in [0.15, 0.2) is 5.69 Å².